The molecule has 3 nitrogen and oxygen atoms in total. The standard InChI is InChI=1S/C17H18FN3/c1-2-11-21-15-10-6-9-14(18)17(15)20-16(21)12-19-13-7-4-3-5-8-13/h3-10,19H,2,11-12H2,1H3. The molecule has 0 aliphatic carbocycles. The van der Waals surface area contributed by atoms with Gasteiger partial charge in [-0.05, 0) is 30.7 Å². The molecule has 0 bridgehead atoms. The molecule has 0 aliphatic heterocycles. The van der Waals surface area contributed by atoms with Gasteiger partial charge in [-0.3, -0.25) is 0 Å². The van der Waals surface area contributed by atoms with Crippen molar-refractivity contribution >= 4 is 16.7 Å². The first-order chi connectivity index (χ1) is 10.3. The number of hydrogen-bond donors (Lipinski definition) is 1. The van der Waals surface area contributed by atoms with Crippen molar-refractivity contribution in [3.63, 3.8) is 0 Å². The van der Waals surface area contributed by atoms with E-state index in [2.05, 4.69) is 21.8 Å². The van der Waals surface area contributed by atoms with Crippen molar-refractivity contribution in [2.75, 3.05) is 5.32 Å². The summed E-state index contributed by atoms with van der Waals surface area (Å²) in [5.41, 5.74) is 2.35. The number of para-hydroxylation sites is 2. The second-order valence-corrected chi connectivity index (χ2v) is 5.01. The third-order valence-electron chi connectivity index (χ3n) is 3.48. The fraction of sp³-hybridized carbons (Fsp3) is 0.235. The van der Waals surface area contributed by atoms with E-state index in [1.807, 2.05) is 36.4 Å². The molecular weight excluding hydrogens is 265 g/mol. The zero-order valence-electron chi connectivity index (χ0n) is 12.0. The lowest BCUT2D eigenvalue weighted by atomic mass is 10.3. The maximum atomic E-state index is 13.9. The highest BCUT2D eigenvalue weighted by Crippen LogP contribution is 2.20. The van der Waals surface area contributed by atoms with Crippen LogP contribution in [0.25, 0.3) is 11.0 Å². The quantitative estimate of drug-likeness (QED) is 0.760. The van der Waals surface area contributed by atoms with E-state index >= 15 is 0 Å². The average molecular weight is 283 g/mol. The molecule has 0 aliphatic rings. The number of halogens is 1. The molecule has 0 amide bonds. The molecule has 3 rings (SSSR count). The topological polar surface area (TPSA) is 29.9 Å². The number of fused-ring (bicyclic) bond motifs is 1. The molecule has 1 aromatic heterocycles. The Bertz CT molecular complexity index is 734. The lowest BCUT2D eigenvalue weighted by molar-refractivity contribution is 0.637. The number of nitrogens with one attached hydrogen (secondary N) is 1. The zero-order chi connectivity index (χ0) is 14.7. The maximum Gasteiger partial charge on any atom is 0.151 e. The predicted octanol–water partition coefficient (Wildman–Crippen LogP) is 4.20. The van der Waals surface area contributed by atoms with Gasteiger partial charge in [-0.2, -0.15) is 0 Å². The van der Waals surface area contributed by atoms with Crippen LogP contribution in [-0.2, 0) is 13.1 Å². The molecule has 0 atom stereocenters. The van der Waals surface area contributed by atoms with Crippen molar-refractivity contribution in [1.82, 2.24) is 9.55 Å². The first-order valence-corrected chi connectivity index (χ1v) is 7.22. The zero-order valence-corrected chi connectivity index (χ0v) is 12.0. The first-order valence-electron chi connectivity index (χ1n) is 7.22. The number of aryl methyl sites for hydroxylation is 1. The van der Waals surface area contributed by atoms with E-state index in [0.29, 0.717) is 12.1 Å². The van der Waals surface area contributed by atoms with Crippen LogP contribution in [0.4, 0.5) is 10.1 Å². The fourth-order valence-electron chi connectivity index (χ4n) is 2.51. The summed E-state index contributed by atoms with van der Waals surface area (Å²) in [6, 6.07) is 15.1. The van der Waals surface area contributed by atoms with Crippen LogP contribution in [0.2, 0.25) is 0 Å². The molecule has 0 spiro atoms. The molecule has 1 N–H and O–H groups in total. The summed E-state index contributed by atoms with van der Waals surface area (Å²) in [6.45, 7) is 3.53. The van der Waals surface area contributed by atoms with Gasteiger partial charge in [0.15, 0.2) is 5.82 Å². The van der Waals surface area contributed by atoms with Crippen LogP contribution in [-0.4, -0.2) is 9.55 Å². The molecule has 1 heterocycles. The average Bonchev–Trinajstić information content (AvgIpc) is 2.86. The smallest absolute Gasteiger partial charge is 0.151 e. The normalized spacial score (nSPS) is 11.0. The highest BCUT2D eigenvalue weighted by Gasteiger charge is 2.12. The van der Waals surface area contributed by atoms with Gasteiger partial charge in [0.1, 0.15) is 11.3 Å². The van der Waals surface area contributed by atoms with Crippen LogP contribution in [0.15, 0.2) is 48.5 Å². The van der Waals surface area contributed by atoms with Crippen LogP contribution in [0.5, 0.6) is 0 Å². The van der Waals surface area contributed by atoms with Crippen LogP contribution in [0.3, 0.4) is 0 Å². The van der Waals surface area contributed by atoms with Gasteiger partial charge in [0, 0.05) is 12.2 Å². The van der Waals surface area contributed by atoms with Gasteiger partial charge in [0.25, 0.3) is 0 Å². The monoisotopic (exact) mass is 283 g/mol. The van der Waals surface area contributed by atoms with Crippen LogP contribution in [0, 0.1) is 5.82 Å². The Labute approximate surface area is 123 Å². The second-order valence-electron chi connectivity index (χ2n) is 5.01. The predicted molar refractivity (Wildman–Crippen MR) is 83.8 cm³/mol. The van der Waals surface area contributed by atoms with E-state index in [1.165, 1.54) is 6.07 Å². The number of anilines is 1. The van der Waals surface area contributed by atoms with Gasteiger partial charge >= 0.3 is 0 Å². The largest absolute Gasteiger partial charge is 0.378 e. The Morgan fingerprint density at radius 2 is 1.90 bits per heavy atom. The Hall–Kier alpha value is -2.36. The lowest BCUT2D eigenvalue weighted by Crippen LogP contribution is -2.08. The van der Waals surface area contributed by atoms with Gasteiger partial charge in [-0.15, -0.1) is 0 Å². The number of imidazole rings is 1. The molecule has 4 heteroatoms. The van der Waals surface area contributed by atoms with E-state index in [4.69, 9.17) is 0 Å². The third kappa shape index (κ3) is 2.75. The number of aromatic nitrogens is 2. The van der Waals surface area contributed by atoms with Gasteiger partial charge in [0.05, 0.1) is 12.1 Å². The number of rotatable bonds is 5. The van der Waals surface area contributed by atoms with Crippen LogP contribution >= 0.6 is 0 Å². The molecule has 2 aromatic carbocycles. The van der Waals surface area contributed by atoms with E-state index in [-0.39, 0.29) is 5.82 Å². The van der Waals surface area contributed by atoms with Gasteiger partial charge < -0.3 is 9.88 Å². The highest BCUT2D eigenvalue weighted by atomic mass is 19.1. The Kier molecular flexibility index (Phi) is 3.86. The highest BCUT2D eigenvalue weighted by molar-refractivity contribution is 5.76. The van der Waals surface area contributed by atoms with Gasteiger partial charge in [-0.25, -0.2) is 9.37 Å². The van der Waals surface area contributed by atoms with Crippen molar-refractivity contribution in [3.05, 3.63) is 60.2 Å². The van der Waals surface area contributed by atoms with Crippen molar-refractivity contribution in [2.45, 2.75) is 26.4 Å². The minimum atomic E-state index is -0.261. The molecule has 0 saturated carbocycles. The van der Waals surface area contributed by atoms with E-state index < -0.39 is 0 Å². The van der Waals surface area contributed by atoms with Crippen LogP contribution in [0.1, 0.15) is 19.2 Å². The molecule has 108 valence electrons. The molecule has 0 unspecified atom stereocenters. The summed E-state index contributed by atoms with van der Waals surface area (Å²) >= 11 is 0. The first kappa shape index (κ1) is 13.6. The van der Waals surface area contributed by atoms with Crippen molar-refractivity contribution in [2.24, 2.45) is 0 Å². The van der Waals surface area contributed by atoms with E-state index in [9.17, 15) is 4.39 Å². The summed E-state index contributed by atoms with van der Waals surface area (Å²) in [7, 11) is 0. The minimum Gasteiger partial charge on any atom is -0.378 e. The Morgan fingerprint density at radius 3 is 2.67 bits per heavy atom. The van der Waals surface area contributed by atoms with Crippen molar-refractivity contribution < 1.29 is 4.39 Å². The molecule has 0 fully saturated rings. The van der Waals surface area contributed by atoms with Crippen molar-refractivity contribution in [3.8, 4) is 0 Å². The van der Waals surface area contributed by atoms with Gasteiger partial charge in [0.2, 0.25) is 0 Å². The summed E-state index contributed by atoms with van der Waals surface area (Å²) in [4.78, 5) is 4.47. The lowest BCUT2D eigenvalue weighted by Gasteiger charge is -2.09. The third-order valence-corrected chi connectivity index (χ3v) is 3.48. The fourth-order valence-corrected chi connectivity index (χ4v) is 2.51. The molecule has 21 heavy (non-hydrogen) atoms. The van der Waals surface area contributed by atoms with E-state index in [0.717, 1.165) is 30.0 Å². The maximum absolute atomic E-state index is 13.9. The summed E-state index contributed by atoms with van der Waals surface area (Å²) in [5.74, 6) is 0.601. The molecule has 0 radical (unpaired) electrons. The molecule has 0 saturated heterocycles. The van der Waals surface area contributed by atoms with Crippen molar-refractivity contribution in [1.29, 1.82) is 0 Å². The number of nitrogens with zero attached hydrogens (tertiary/aromatic N) is 2. The number of hydrogen-bond acceptors (Lipinski definition) is 2. The Balaban J connectivity index is 1.93. The number of benzene rings is 2. The molecule has 3 aromatic rings. The Morgan fingerprint density at radius 1 is 1.10 bits per heavy atom. The summed E-state index contributed by atoms with van der Waals surface area (Å²) < 4.78 is 16.0. The van der Waals surface area contributed by atoms with Crippen LogP contribution < -0.4 is 5.32 Å². The minimum absolute atomic E-state index is 0.261. The summed E-state index contributed by atoms with van der Waals surface area (Å²) in [5, 5.41) is 3.33. The SMILES string of the molecule is CCCn1c(CNc2ccccc2)nc2c(F)cccc21. The second kappa shape index (κ2) is 5.95. The van der Waals surface area contributed by atoms with Gasteiger partial charge in [-0.1, -0.05) is 31.2 Å². The summed E-state index contributed by atoms with van der Waals surface area (Å²) in [6.07, 6.45) is 0.986. The van der Waals surface area contributed by atoms with E-state index in [1.54, 1.807) is 6.07 Å². The molecular formula is C17H18FN3.